The van der Waals surface area contributed by atoms with Crippen LogP contribution in [0.5, 0.6) is 0 Å². The van der Waals surface area contributed by atoms with Crippen molar-refractivity contribution >= 4 is 0 Å². The Balaban J connectivity index is 1.78. The summed E-state index contributed by atoms with van der Waals surface area (Å²) >= 11 is 0. The van der Waals surface area contributed by atoms with Gasteiger partial charge in [-0.1, -0.05) is 36.7 Å². The smallest absolute Gasteiger partial charge is 0.226 e. The number of aryl methyl sites for hydroxylation is 7. The monoisotopic (exact) mass is 367 g/mol. The minimum Gasteiger partial charge on any atom is -0.339 e. The molecule has 27 heavy (non-hydrogen) atoms. The predicted molar refractivity (Wildman–Crippen MR) is 105 cm³/mol. The van der Waals surface area contributed by atoms with E-state index in [0.717, 1.165) is 61.7 Å². The number of hydrogen-bond donors (Lipinski definition) is 0. The molecule has 144 valence electrons. The van der Waals surface area contributed by atoms with Crippen molar-refractivity contribution < 1.29 is 4.52 Å². The summed E-state index contributed by atoms with van der Waals surface area (Å²) in [6, 6.07) is 4.40. The summed E-state index contributed by atoms with van der Waals surface area (Å²) in [5.74, 6) is 3.39. The van der Waals surface area contributed by atoms with Crippen LogP contribution in [0.4, 0.5) is 0 Å². The summed E-state index contributed by atoms with van der Waals surface area (Å²) in [5, 5.41) is 8.78. The number of rotatable bonds is 8. The molecule has 0 fully saturated rings. The van der Waals surface area contributed by atoms with E-state index in [1.54, 1.807) is 0 Å². The van der Waals surface area contributed by atoms with Crippen molar-refractivity contribution in [2.45, 2.75) is 73.1 Å². The molecule has 0 aliphatic rings. The maximum atomic E-state index is 5.34. The minimum atomic E-state index is 0.711. The lowest BCUT2D eigenvalue weighted by Gasteiger charge is -2.13. The van der Waals surface area contributed by atoms with E-state index in [1.807, 2.05) is 4.68 Å². The molecule has 2 heterocycles. The highest BCUT2D eigenvalue weighted by Gasteiger charge is 2.15. The molecule has 0 N–H and O–H groups in total. The molecule has 0 radical (unpaired) electrons. The van der Waals surface area contributed by atoms with E-state index in [2.05, 4.69) is 56.9 Å². The molecule has 0 atom stereocenters. The van der Waals surface area contributed by atoms with Crippen molar-refractivity contribution in [1.29, 1.82) is 0 Å². The highest BCUT2D eigenvalue weighted by Crippen LogP contribution is 2.22. The molecule has 0 aliphatic carbocycles. The van der Waals surface area contributed by atoms with Crippen LogP contribution in [0.15, 0.2) is 16.7 Å². The van der Waals surface area contributed by atoms with Crippen molar-refractivity contribution in [2.24, 2.45) is 0 Å². The zero-order valence-corrected chi connectivity index (χ0v) is 17.0. The van der Waals surface area contributed by atoms with Crippen molar-refractivity contribution in [3.63, 3.8) is 0 Å². The Labute approximate surface area is 161 Å². The maximum Gasteiger partial charge on any atom is 0.226 e. The Morgan fingerprint density at radius 2 is 1.67 bits per heavy atom. The van der Waals surface area contributed by atoms with Gasteiger partial charge in [0, 0.05) is 25.7 Å². The minimum absolute atomic E-state index is 0.711. The topological polar surface area (TPSA) is 69.6 Å². The zero-order chi connectivity index (χ0) is 19.4. The summed E-state index contributed by atoms with van der Waals surface area (Å²) in [5.41, 5.74) is 4.86. The van der Waals surface area contributed by atoms with Crippen LogP contribution in [0.2, 0.25) is 0 Å². The fourth-order valence-corrected chi connectivity index (χ4v) is 3.50. The molecule has 0 amide bonds. The Morgan fingerprint density at radius 3 is 2.33 bits per heavy atom. The van der Waals surface area contributed by atoms with Gasteiger partial charge in [-0.05, 0) is 44.7 Å². The first kappa shape index (κ1) is 19.3. The first-order valence-corrected chi connectivity index (χ1v) is 9.86. The molecule has 3 aromatic rings. The van der Waals surface area contributed by atoms with Gasteiger partial charge in [0.2, 0.25) is 5.89 Å². The molecule has 6 heteroatoms. The molecule has 0 unspecified atom stereocenters. The fraction of sp³-hybridized carbons (Fsp3) is 0.524. The van der Waals surface area contributed by atoms with E-state index in [0.29, 0.717) is 5.89 Å². The second-order valence-electron chi connectivity index (χ2n) is 7.16. The van der Waals surface area contributed by atoms with Gasteiger partial charge in [0.25, 0.3) is 0 Å². The highest BCUT2D eigenvalue weighted by atomic mass is 16.5. The number of hydrogen-bond acceptors (Lipinski definition) is 5. The van der Waals surface area contributed by atoms with E-state index in [4.69, 9.17) is 14.6 Å². The van der Waals surface area contributed by atoms with Gasteiger partial charge >= 0.3 is 0 Å². The maximum absolute atomic E-state index is 5.34. The fourth-order valence-electron chi connectivity index (χ4n) is 3.50. The quantitative estimate of drug-likeness (QED) is 0.595. The summed E-state index contributed by atoms with van der Waals surface area (Å²) in [6.07, 6.45) is 5.20. The molecular formula is C21H29N5O. The summed E-state index contributed by atoms with van der Waals surface area (Å²) < 4.78 is 7.37. The second kappa shape index (κ2) is 8.46. The van der Waals surface area contributed by atoms with Crippen LogP contribution in [0.1, 0.15) is 66.7 Å². The standard InChI is InChI=1S/C21H29N5O/c1-6-9-18-23-20(27-25-18)11-8-10-19-22-17(7-2)24-26(19)21-15(4)12-14(3)13-16(21)5/h12-13H,6-11H2,1-5H3. The normalized spacial score (nSPS) is 11.3. The second-order valence-corrected chi connectivity index (χ2v) is 7.16. The third-order valence-electron chi connectivity index (χ3n) is 4.66. The Kier molecular flexibility index (Phi) is 6.04. The molecule has 0 saturated carbocycles. The van der Waals surface area contributed by atoms with Crippen LogP contribution in [-0.2, 0) is 25.7 Å². The van der Waals surface area contributed by atoms with Crippen LogP contribution in [0, 0.1) is 20.8 Å². The van der Waals surface area contributed by atoms with Gasteiger partial charge in [0.1, 0.15) is 5.82 Å². The van der Waals surface area contributed by atoms with Gasteiger partial charge in [-0.2, -0.15) is 10.1 Å². The highest BCUT2D eigenvalue weighted by molar-refractivity contribution is 5.49. The molecule has 0 bridgehead atoms. The van der Waals surface area contributed by atoms with Gasteiger partial charge in [0.05, 0.1) is 5.69 Å². The Bertz CT molecular complexity index is 886. The van der Waals surface area contributed by atoms with E-state index in [1.165, 1.54) is 16.7 Å². The number of aromatic nitrogens is 5. The predicted octanol–water partition coefficient (Wildman–Crippen LogP) is 4.27. The van der Waals surface area contributed by atoms with E-state index in [-0.39, 0.29) is 0 Å². The lowest BCUT2D eigenvalue weighted by atomic mass is 10.0. The van der Waals surface area contributed by atoms with Gasteiger partial charge in [-0.3, -0.25) is 0 Å². The molecule has 6 nitrogen and oxygen atoms in total. The van der Waals surface area contributed by atoms with Gasteiger partial charge in [-0.15, -0.1) is 0 Å². The van der Waals surface area contributed by atoms with Gasteiger partial charge in [0.15, 0.2) is 11.6 Å². The molecule has 2 aromatic heterocycles. The molecule has 1 aromatic carbocycles. The van der Waals surface area contributed by atoms with Crippen LogP contribution < -0.4 is 0 Å². The molecule has 3 rings (SSSR count). The first-order valence-electron chi connectivity index (χ1n) is 9.86. The summed E-state index contributed by atoms with van der Waals surface area (Å²) in [4.78, 5) is 9.21. The van der Waals surface area contributed by atoms with Crippen molar-refractivity contribution in [3.05, 3.63) is 52.2 Å². The number of nitrogens with zero attached hydrogens (tertiary/aromatic N) is 5. The van der Waals surface area contributed by atoms with E-state index < -0.39 is 0 Å². The van der Waals surface area contributed by atoms with Gasteiger partial charge < -0.3 is 4.52 Å². The molecule has 0 aliphatic heterocycles. The Morgan fingerprint density at radius 1 is 0.926 bits per heavy atom. The number of benzene rings is 1. The zero-order valence-electron chi connectivity index (χ0n) is 17.0. The molecule has 0 saturated heterocycles. The SMILES string of the molecule is CCCc1noc(CCCc2nc(CC)nn2-c2c(C)cc(C)cc2C)n1. The van der Waals surface area contributed by atoms with Crippen molar-refractivity contribution in [1.82, 2.24) is 24.9 Å². The lowest BCUT2D eigenvalue weighted by molar-refractivity contribution is 0.370. The van der Waals surface area contributed by atoms with E-state index >= 15 is 0 Å². The third kappa shape index (κ3) is 4.43. The largest absolute Gasteiger partial charge is 0.339 e. The van der Waals surface area contributed by atoms with Crippen molar-refractivity contribution in [3.8, 4) is 5.69 Å². The first-order chi connectivity index (χ1) is 13.0. The third-order valence-corrected chi connectivity index (χ3v) is 4.66. The van der Waals surface area contributed by atoms with Crippen LogP contribution in [0.3, 0.4) is 0 Å². The van der Waals surface area contributed by atoms with Crippen molar-refractivity contribution in [2.75, 3.05) is 0 Å². The lowest BCUT2D eigenvalue weighted by Crippen LogP contribution is -2.08. The Hall–Kier alpha value is -2.50. The summed E-state index contributed by atoms with van der Waals surface area (Å²) in [7, 11) is 0. The average Bonchev–Trinajstić information content (AvgIpc) is 3.22. The summed E-state index contributed by atoms with van der Waals surface area (Å²) in [6.45, 7) is 10.6. The van der Waals surface area contributed by atoms with Gasteiger partial charge in [-0.25, -0.2) is 9.67 Å². The molecular weight excluding hydrogens is 338 g/mol. The van der Waals surface area contributed by atoms with E-state index in [9.17, 15) is 0 Å². The van der Waals surface area contributed by atoms with Crippen LogP contribution in [0.25, 0.3) is 5.69 Å². The van der Waals surface area contributed by atoms with Crippen LogP contribution in [-0.4, -0.2) is 24.9 Å². The molecule has 0 spiro atoms. The van der Waals surface area contributed by atoms with Crippen LogP contribution >= 0.6 is 0 Å². The average molecular weight is 367 g/mol.